The highest BCUT2D eigenvalue weighted by molar-refractivity contribution is 5.96. The van der Waals surface area contributed by atoms with Crippen LogP contribution in [-0.2, 0) is 25.5 Å². The van der Waals surface area contributed by atoms with Crippen molar-refractivity contribution in [3.63, 3.8) is 0 Å². The van der Waals surface area contributed by atoms with Crippen molar-refractivity contribution in [3.05, 3.63) is 108 Å². The minimum atomic E-state index is -0.780. The second kappa shape index (κ2) is 11.4. The second-order valence-corrected chi connectivity index (χ2v) is 10.3. The van der Waals surface area contributed by atoms with Gasteiger partial charge in [-0.25, -0.2) is 9.69 Å². The van der Waals surface area contributed by atoms with Gasteiger partial charge in [0.2, 0.25) is 5.91 Å². The molecule has 0 N–H and O–H groups in total. The highest BCUT2D eigenvalue weighted by Gasteiger charge is 2.45. The lowest BCUT2D eigenvalue weighted by Crippen LogP contribution is -2.46. The number of benzene rings is 3. The zero-order valence-corrected chi connectivity index (χ0v) is 21.5. The van der Waals surface area contributed by atoms with Gasteiger partial charge in [-0.3, -0.25) is 9.59 Å². The molecular formula is C31H33NO5. The SMILES string of the molecule is CC(C)(C)OC(=O)C[C@@H](Cc1ccccc1)C(=O)N1C(=O)OC[C@H]1C(c1ccccc1)c1ccccc1. The average molecular weight is 500 g/mol. The number of nitrogens with zero attached hydrogens (tertiary/aromatic N) is 1. The number of cyclic esters (lactones) is 1. The second-order valence-electron chi connectivity index (χ2n) is 10.3. The molecule has 0 unspecified atom stereocenters. The molecule has 6 heteroatoms. The van der Waals surface area contributed by atoms with E-state index in [9.17, 15) is 14.4 Å². The number of carbonyl (C=O) groups excluding carboxylic acids is 3. The van der Waals surface area contributed by atoms with Gasteiger partial charge in [-0.15, -0.1) is 0 Å². The molecule has 2 amide bonds. The monoisotopic (exact) mass is 499 g/mol. The minimum Gasteiger partial charge on any atom is -0.460 e. The van der Waals surface area contributed by atoms with Crippen molar-refractivity contribution in [2.75, 3.05) is 6.61 Å². The smallest absolute Gasteiger partial charge is 0.417 e. The molecule has 3 aromatic rings. The molecule has 0 radical (unpaired) electrons. The fourth-order valence-electron chi connectivity index (χ4n) is 4.82. The molecule has 2 atom stereocenters. The normalized spacial score (nSPS) is 16.4. The third-order valence-corrected chi connectivity index (χ3v) is 6.35. The van der Waals surface area contributed by atoms with Gasteiger partial charge in [0.05, 0.1) is 18.4 Å². The van der Waals surface area contributed by atoms with Crippen LogP contribution < -0.4 is 0 Å². The molecule has 1 fully saturated rings. The summed E-state index contributed by atoms with van der Waals surface area (Å²) in [4.78, 5) is 41.1. The van der Waals surface area contributed by atoms with Gasteiger partial charge in [0.15, 0.2) is 0 Å². The first-order valence-corrected chi connectivity index (χ1v) is 12.6. The van der Waals surface area contributed by atoms with Gasteiger partial charge in [-0.2, -0.15) is 0 Å². The molecule has 192 valence electrons. The van der Waals surface area contributed by atoms with E-state index < -0.39 is 35.5 Å². The molecular weight excluding hydrogens is 466 g/mol. The summed E-state index contributed by atoms with van der Waals surface area (Å²) in [6.07, 6.45) is -0.520. The van der Waals surface area contributed by atoms with Gasteiger partial charge in [0, 0.05) is 5.92 Å². The number of carbonyl (C=O) groups is 3. The number of rotatable bonds is 8. The van der Waals surface area contributed by atoms with Crippen LogP contribution in [-0.4, -0.2) is 41.1 Å². The van der Waals surface area contributed by atoms with E-state index in [0.29, 0.717) is 6.42 Å². The predicted molar refractivity (Wildman–Crippen MR) is 141 cm³/mol. The van der Waals surface area contributed by atoms with Crippen molar-refractivity contribution < 1.29 is 23.9 Å². The van der Waals surface area contributed by atoms with E-state index in [1.165, 1.54) is 4.90 Å². The quantitative estimate of drug-likeness (QED) is 0.369. The summed E-state index contributed by atoms with van der Waals surface area (Å²) in [7, 11) is 0. The van der Waals surface area contributed by atoms with Crippen molar-refractivity contribution in [3.8, 4) is 0 Å². The van der Waals surface area contributed by atoms with Crippen LogP contribution in [0.3, 0.4) is 0 Å². The molecule has 1 heterocycles. The van der Waals surface area contributed by atoms with Crippen LogP contribution in [0.1, 0.15) is 49.8 Å². The summed E-state index contributed by atoms with van der Waals surface area (Å²) >= 11 is 0. The summed E-state index contributed by atoms with van der Waals surface area (Å²) in [5.41, 5.74) is 2.16. The Balaban J connectivity index is 1.68. The highest BCUT2D eigenvalue weighted by atomic mass is 16.6. The molecule has 1 aliphatic heterocycles. The maximum absolute atomic E-state index is 14.1. The largest absolute Gasteiger partial charge is 0.460 e. The van der Waals surface area contributed by atoms with E-state index >= 15 is 0 Å². The van der Waals surface area contributed by atoms with Crippen LogP contribution in [0, 0.1) is 5.92 Å². The maximum Gasteiger partial charge on any atom is 0.417 e. The molecule has 0 spiro atoms. The number of hydrogen-bond donors (Lipinski definition) is 0. The van der Waals surface area contributed by atoms with Crippen LogP contribution in [0.15, 0.2) is 91.0 Å². The Hall–Kier alpha value is -3.93. The molecule has 0 aromatic heterocycles. The minimum absolute atomic E-state index is 0.0729. The molecule has 1 saturated heterocycles. The topological polar surface area (TPSA) is 72.9 Å². The van der Waals surface area contributed by atoms with Gasteiger partial charge >= 0.3 is 12.1 Å². The Morgan fingerprint density at radius 3 is 1.92 bits per heavy atom. The number of imide groups is 1. The number of amides is 2. The molecule has 4 rings (SSSR count). The Morgan fingerprint density at radius 2 is 1.41 bits per heavy atom. The Kier molecular flexibility index (Phi) is 8.07. The average Bonchev–Trinajstić information content (AvgIpc) is 3.25. The fourth-order valence-corrected chi connectivity index (χ4v) is 4.82. The standard InChI is InChI=1S/C31H33NO5/c1-31(2,3)37-27(33)20-25(19-22-13-7-4-8-14-22)29(34)32-26(21-36-30(32)35)28(23-15-9-5-10-16-23)24-17-11-6-12-18-24/h4-18,25-26,28H,19-21H2,1-3H3/t25-,26+/m1/s1. The number of hydrogen-bond acceptors (Lipinski definition) is 5. The van der Waals surface area contributed by atoms with E-state index in [1.807, 2.05) is 91.0 Å². The van der Waals surface area contributed by atoms with Gasteiger partial charge in [-0.05, 0) is 43.9 Å². The van der Waals surface area contributed by atoms with Crippen LogP contribution >= 0.6 is 0 Å². The van der Waals surface area contributed by atoms with E-state index in [1.54, 1.807) is 20.8 Å². The van der Waals surface area contributed by atoms with Crippen molar-refractivity contribution in [2.45, 2.75) is 51.2 Å². The van der Waals surface area contributed by atoms with Crippen LogP contribution in [0.5, 0.6) is 0 Å². The van der Waals surface area contributed by atoms with Gasteiger partial charge in [0.25, 0.3) is 0 Å². The lowest BCUT2D eigenvalue weighted by Gasteiger charge is -2.31. The molecule has 0 bridgehead atoms. The zero-order chi connectivity index (χ0) is 26.4. The third-order valence-electron chi connectivity index (χ3n) is 6.35. The summed E-state index contributed by atoms with van der Waals surface area (Å²) in [6.45, 7) is 5.44. The predicted octanol–water partition coefficient (Wildman–Crippen LogP) is 5.76. The van der Waals surface area contributed by atoms with Crippen molar-refractivity contribution in [2.24, 2.45) is 5.92 Å². The lowest BCUT2D eigenvalue weighted by molar-refractivity contribution is -0.158. The van der Waals surface area contributed by atoms with Gasteiger partial charge in [-0.1, -0.05) is 91.0 Å². The summed E-state index contributed by atoms with van der Waals surface area (Å²) < 4.78 is 11.0. The first kappa shape index (κ1) is 26.1. The highest BCUT2D eigenvalue weighted by Crippen LogP contribution is 2.35. The summed E-state index contributed by atoms with van der Waals surface area (Å²) in [6, 6.07) is 28.5. The Morgan fingerprint density at radius 1 is 0.892 bits per heavy atom. The van der Waals surface area contributed by atoms with Crippen molar-refractivity contribution in [1.82, 2.24) is 4.90 Å². The van der Waals surface area contributed by atoms with E-state index in [2.05, 4.69) is 0 Å². The van der Waals surface area contributed by atoms with Crippen molar-refractivity contribution in [1.29, 1.82) is 0 Å². The van der Waals surface area contributed by atoms with Crippen LogP contribution in [0.25, 0.3) is 0 Å². The molecule has 3 aromatic carbocycles. The Labute approximate surface area is 218 Å². The zero-order valence-electron chi connectivity index (χ0n) is 21.5. The molecule has 0 saturated carbocycles. The summed E-state index contributed by atoms with van der Waals surface area (Å²) in [5, 5.41) is 0. The van der Waals surface area contributed by atoms with Gasteiger partial charge in [0.1, 0.15) is 12.2 Å². The van der Waals surface area contributed by atoms with E-state index in [0.717, 1.165) is 16.7 Å². The Bertz CT molecular complexity index is 1170. The van der Waals surface area contributed by atoms with Crippen LogP contribution in [0.2, 0.25) is 0 Å². The van der Waals surface area contributed by atoms with Crippen LogP contribution in [0.4, 0.5) is 4.79 Å². The molecule has 37 heavy (non-hydrogen) atoms. The van der Waals surface area contributed by atoms with Crippen molar-refractivity contribution >= 4 is 18.0 Å². The molecule has 0 aliphatic carbocycles. The van der Waals surface area contributed by atoms with Gasteiger partial charge < -0.3 is 9.47 Å². The molecule has 6 nitrogen and oxygen atoms in total. The fraction of sp³-hybridized carbons (Fsp3) is 0.323. The number of ether oxygens (including phenoxy) is 2. The third kappa shape index (κ3) is 6.64. The van der Waals surface area contributed by atoms with E-state index in [-0.39, 0.29) is 18.9 Å². The van der Waals surface area contributed by atoms with E-state index in [4.69, 9.17) is 9.47 Å². The maximum atomic E-state index is 14.1. The number of esters is 1. The molecule has 1 aliphatic rings. The summed E-state index contributed by atoms with van der Waals surface area (Å²) in [5.74, 6) is -1.97. The lowest BCUT2D eigenvalue weighted by atomic mass is 9.84. The first-order chi connectivity index (χ1) is 17.7. The first-order valence-electron chi connectivity index (χ1n) is 12.6.